The van der Waals surface area contributed by atoms with E-state index in [1.165, 1.54) is 25.7 Å². The Labute approximate surface area is 131 Å². The normalized spacial score (nSPS) is 49.4. The zero-order valence-electron chi connectivity index (χ0n) is 14.0. The molecule has 3 heteroatoms. The minimum atomic E-state index is -1.47. The Morgan fingerprint density at radius 1 is 0.857 bits per heavy atom. The zero-order valence-corrected chi connectivity index (χ0v) is 15.1. The predicted octanol–water partition coefficient (Wildman–Crippen LogP) is 3.99. The van der Waals surface area contributed by atoms with Crippen molar-refractivity contribution >= 4 is 9.28 Å². The molecule has 8 unspecified atom stereocenters. The van der Waals surface area contributed by atoms with Crippen molar-refractivity contribution in [3.05, 3.63) is 0 Å². The molecule has 4 aliphatic rings. The van der Waals surface area contributed by atoms with Crippen molar-refractivity contribution in [3.63, 3.8) is 0 Å². The van der Waals surface area contributed by atoms with Crippen LogP contribution in [0.3, 0.4) is 0 Å². The molecule has 0 aromatic rings. The molecule has 21 heavy (non-hydrogen) atoms. The maximum absolute atomic E-state index is 5.77. The van der Waals surface area contributed by atoms with E-state index in [0.29, 0.717) is 5.54 Å². The van der Waals surface area contributed by atoms with Gasteiger partial charge in [0.25, 0.3) is 0 Å². The monoisotopic (exact) mass is 308 g/mol. The molecule has 0 radical (unpaired) electrons. The van der Waals surface area contributed by atoms with E-state index in [9.17, 15) is 0 Å². The highest BCUT2D eigenvalue weighted by Gasteiger charge is 2.57. The SMILES string of the molecule is CO[SiH](OC)C(C)C1C2CCC(C2)C1C1CC2CCC1C2. The van der Waals surface area contributed by atoms with Crippen LogP contribution >= 0.6 is 0 Å². The molecule has 2 nitrogen and oxygen atoms in total. The lowest BCUT2D eigenvalue weighted by Crippen LogP contribution is -2.39. The molecule has 0 aromatic carbocycles. The van der Waals surface area contributed by atoms with Gasteiger partial charge in [-0.3, -0.25) is 0 Å². The fourth-order valence-electron chi connectivity index (χ4n) is 7.27. The van der Waals surface area contributed by atoms with Crippen molar-refractivity contribution in [2.45, 2.75) is 57.4 Å². The Balaban J connectivity index is 1.56. The van der Waals surface area contributed by atoms with Gasteiger partial charge in [0.1, 0.15) is 0 Å². The molecule has 4 rings (SSSR count). The van der Waals surface area contributed by atoms with Crippen LogP contribution in [0.2, 0.25) is 5.54 Å². The first-order valence-electron chi connectivity index (χ1n) is 9.28. The highest BCUT2D eigenvalue weighted by molar-refractivity contribution is 6.46. The molecular formula is C18H32O2Si. The molecule has 4 fully saturated rings. The van der Waals surface area contributed by atoms with Gasteiger partial charge < -0.3 is 8.85 Å². The summed E-state index contributed by atoms with van der Waals surface area (Å²) >= 11 is 0. The zero-order chi connectivity index (χ0) is 14.6. The van der Waals surface area contributed by atoms with Crippen LogP contribution in [0.15, 0.2) is 0 Å². The van der Waals surface area contributed by atoms with E-state index < -0.39 is 9.28 Å². The predicted molar refractivity (Wildman–Crippen MR) is 87.3 cm³/mol. The van der Waals surface area contributed by atoms with E-state index in [-0.39, 0.29) is 0 Å². The molecule has 4 bridgehead atoms. The van der Waals surface area contributed by atoms with Crippen molar-refractivity contribution < 1.29 is 8.85 Å². The van der Waals surface area contributed by atoms with Gasteiger partial charge >= 0.3 is 9.28 Å². The third-order valence-electron chi connectivity index (χ3n) is 7.84. The van der Waals surface area contributed by atoms with Crippen molar-refractivity contribution in [2.75, 3.05) is 14.2 Å². The summed E-state index contributed by atoms with van der Waals surface area (Å²) in [5.41, 5.74) is 0.694. The minimum absolute atomic E-state index is 0.694. The minimum Gasteiger partial charge on any atom is -0.400 e. The third-order valence-corrected chi connectivity index (χ3v) is 10.1. The lowest BCUT2D eigenvalue weighted by Gasteiger charge is -2.42. The molecule has 0 aromatic heterocycles. The van der Waals surface area contributed by atoms with Gasteiger partial charge in [0.15, 0.2) is 0 Å². The number of hydrogen-bond donors (Lipinski definition) is 0. The van der Waals surface area contributed by atoms with Gasteiger partial charge in [-0.2, -0.15) is 0 Å². The summed E-state index contributed by atoms with van der Waals surface area (Å²) in [6, 6.07) is 0. The molecule has 0 saturated heterocycles. The van der Waals surface area contributed by atoms with Gasteiger partial charge in [-0.25, -0.2) is 0 Å². The molecule has 8 atom stereocenters. The highest BCUT2D eigenvalue weighted by Crippen LogP contribution is 2.64. The lowest BCUT2D eigenvalue weighted by atomic mass is 9.66. The molecule has 4 aliphatic carbocycles. The van der Waals surface area contributed by atoms with Crippen LogP contribution in [0, 0.1) is 41.4 Å². The second-order valence-electron chi connectivity index (χ2n) is 8.53. The van der Waals surface area contributed by atoms with Crippen molar-refractivity contribution in [1.82, 2.24) is 0 Å². The van der Waals surface area contributed by atoms with Crippen LogP contribution in [0.5, 0.6) is 0 Å². The van der Waals surface area contributed by atoms with Gasteiger partial charge in [0.05, 0.1) is 0 Å². The molecule has 0 aliphatic heterocycles. The van der Waals surface area contributed by atoms with Crippen LogP contribution in [0.25, 0.3) is 0 Å². The van der Waals surface area contributed by atoms with E-state index in [2.05, 4.69) is 6.92 Å². The first kappa shape index (κ1) is 14.7. The molecule has 0 amide bonds. The van der Waals surface area contributed by atoms with Gasteiger partial charge in [-0.1, -0.05) is 13.3 Å². The molecular weight excluding hydrogens is 276 g/mol. The third kappa shape index (κ3) is 2.26. The van der Waals surface area contributed by atoms with Crippen LogP contribution in [-0.4, -0.2) is 23.5 Å². The highest BCUT2D eigenvalue weighted by atomic mass is 28.3. The van der Waals surface area contributed by atoms with Crippen molar-refractivity contribution in [2.24, 2.45) is 41.4 Å². The Morgan fingerprint density at radius 3 is 2.19 bits per heavy atom. The summed E-state index contributed by atoms with van der Waals surface area (Å²) in [6.07, 6.45) is 10.8. The lowest BCUT2D eigenvalue weighted by molar-refractivity contribution is 0.0930. The van der Waals surface area contributed by atoms with E-state index in [0.717, 1.165) is 41.4 Å². The number of rotatable bonds is 5. The standard InChI is InChI=1S/C18H32O2Si/c1-11(21(19-2)20-3)17-14-6-7-15(10-14)18(17)16-9-12-4-5-13(16)8-12/h11-18,21H,4-10H2,1-3H3. The average molecular weight is 309 g/mol. The quantitative estimate of drug-likeness (QED) is 0.715. The van der Waals surface area contributed by atoms with Gasteiger partial charge in [-0.05, 0) is 80.0 Å². The van der Waals surface area contributed by atoms with Crippen LogP contribution in [0.1, 0.15) is 51.9 Å². The van der Waals surface area contributed by atoms with E-state index in [1.807, 2.05) is 14.2 Å². The largest absolute Gasteiger partial charge is 0.400 e. The molecule has 120 valence electrons. The number of fused-ring (bicyclic) bond motifs is 4. The first-order valence-corrected chi connectivity index (χ1v) is 10.9. The summed E-state index contributed by atoms with van der Waals surface area (Å²) in [5, 5.41) is 0. The van der Waals surface area contributed by atoms with E-state index in [1.54, 1.807) is 19.3 Å². The first-order chi connectivity index (χ1) is 10.2. The fourth-order valence-corrected chi connectivity index (χ4v) is 9.25. The van der Waals surface area contributed by atoms with Crippen LogP contribution < -0.4 is 0 Å². The Morgan fingerprint density at radius 2 is 1.57 bits per heavy atom. The molecule has 0 spiro atoms. The molecule has 4 saturated carbocycles. The smallest absolute Gasteiger partial charge is 0.324 e. The maximum atomic E-state index is 5.77. The maximum Gasteiger partial charge on any atom is 0.324 e. The Kier molecular flexibility index (Phi) is 3.96. The summed E-state index contributed by atoms with van der Waals surface area (Å²) in [6.45, 7) is 2.45. The molecule has 0 heterocycles. The summed E-state index contributed by atoms with van der Waals surface area (Å²) in [7, 11) is 2.27. The topological polar surface area (TPSA) is 18.5 Å². The Bertz CT molecular complexity index is 383. The number of hydrogen-bond acceptors (Lipinski definition) is 2. The van der Waals surface area contributed by atoms with Crippen molar-refractivity contribution in [3.8, 4) is 0 Å². The average Bonchev–Trinajstić information content (AvgIpc) is 3.26. The second-order valence-corrected chi connectivity index (χ2v) is 11.3. The van der Waals surface area contributed by atoms with Crippen LogP contribution in [-0.2, 0) is 8.85 Å². The summed E-state index contributed by atoms with van der Waals surface area (Å²) in [4.78, 5) is 0. The van der Waals surface area contributed by atoms with Crippen LogP contribution in [0.4, 0.5) is 0 Å². The summed E-state index contributed by atoms with van der Waals surface area (Å²) in [5.74, 6) is 7.23. The van der Waals surface area contributed by atoms with E-state index >= 15 is 0 Å². The van der Waals surface area contributed by atoms with Gasteiger partial charge in [0.2, 0.25) is 0 Å². The fraction of sp³-hybridized carbons (Fsp3) is 1.00. The second kappa shape index (κ2) is 5.65. The van der Waals surface area contributed by atoms with E-state index in [4.69, 9.17) is 8.85 Å². The van der Waals surface area contributed by atoms with Gasteiger partial charge in [0, 0.05) is 19.8 Å². The summed E-state index contributed by atoms with van der Waals surface area (Å²) < 4.78 is 11.5. The Hall–Kier alpha value is 0.137. The van der Waals surface area contributed by atoms with Gasteiger partial charge in [-0.15, -0.1) is 0 Å². The van der Waals surface area contributed by atoms with Crippen molar-refractivity contribution in [1.29, 1.82) is 0 Å². The molecule has 0 N–H and O–H groups in total.